The van der Waals surface area contributed by atoms with Crippen molar-refractivity contribution in [1.82, 2.24) is 9.97 Å². The monoisotopic (exact) mass is 248 g/mol. The number of anilines is 2. The molecular formula is C11H12N4O3. The number of amides is 2. The quantitative estimate of drug-likeness (QED) is 0.753. The highest BCUT2D eigenvalue weighted by molar-refractivity contribution is 5.92. The molecule has 0 spiro atoms. The number of H-pyrrole nitrogens is 1. The van der Waals surface area contributed by atoms with E-state index in [2.05, 4.69) is 25.3 Å². The number of aromatic amines is 1. The van der Waals surface area contributed by atoms with E-state index in [4.69, 9.17) is 0 Å². The zero-order chi connectivity index (χ0) is 13.1. The first-order valence-electron chi connectivity index (χ1n) is 5.21. The highest BCUT2D eigenvalue weighted by Gasteiger charge is 2.07. The van der Waals surface area contributed by atoms with Crippen molar-refractivity contribution in [2.24, 2.45) is 0 Å². The maximum Gasteiger partial charge on any atom is 0.413 e. The molecule has 1 aromatic carbocycles. The lowest BCUT2D eigenvalue weighted by molar-refractivity contribution is -0.114. The molecule has 2 amide bonds. The zero-order valence-electron chi connectivity index (χ0n) is 9.90. The number of methoxy groups -OCH3 is 1. The standard InChI is InChI=1S/C11H12N4O3/c1-6(16)12-7-3-4-8-9(5-7)14-10(13-8)15-11(17)18-2/h3-5H,1-2H3,(H,12,16)(H2,13,14,15,17). The summed E-state index contributed by atoms with van der Waals surface area (Å²) in [5.41, 5.74) is 2.03. The lowest BCUT2D eigenvalue weighted by Gasteiger charge is -2.00. The number of hydrogen-bond acceptors (Lipinski definition) is 4. The average Bonchev–Trinajstić information content (AvgIpc) is 2.69. The molecule has 2 aromatic rings. The van der Waals surface area contributed by atoms with Gasteiger partial charge in [0.05, 0.1) is 18.1 Å². The minimum atomic E-state index is -0.601. The molecule has 2 rings (SSSR count). The lowest BCUT2D eigenvalue weighted by atomic mass is 10.3. The molecule has 0 unspecified atom stereocenters. The van der Waals surface area contributed by atoms with E-state index in [1.165, 1.54) is 14.0 Å². The van der Waals surface area contributed by atoms with Gasteiger partial charge in [-0.05, 0) is 18.2 Å². The molecule has 0 fully saturated rings. The Kier molecular flexibility index (Phi) is 3.13. The van der Waals surface area contributed by atoms with Crippen LogP contribution in [0.3, 0.4) is 0 Å². The van der Waals surface area contributed by atoms with Crippen LogP contribution in [0.25, 0.3) is 11.0 Å². The molecule has 0 bridgehead atoms. The van der Waals surface area contributed by atoms with Gasteiger partial charge in [0.2, 0.25) is 11.9 Å². The fourth-order valence-electron chi connectivity index (χ4n) is 1.50. The van der Waals surface area contributed by atoms with Gasteiger partial charge in [0.1, 0.15) is 0 Å². The maximum absolute atomic E-state index is 11.0. The summed E-state index contributed by atoms with van der Waals surface area (Å²) in [5, 5.41) is 5.09. The van der Waals surface area contributed by atoms with Gasteiger partial charge in [-0.1, -0.05) is 0 Å². The lowest BCUT2D eigenvalue weighted by Crippen LogP contribution is -2.11. The normalized spacial score (nSPS) is 10.1. The Balaban J connectivity index is 2.27. The number of aromatic nitrogens is 2. The van der Waals surface area contributed by atoms with E-state index in [0.29, 0.717) is 16.7 Å². The highest BCUT2D eigenvalue weighted by Crippen LogP contribution is 2.19. The van der Waals surface area contributed by atoms with Crippen molar-refractivity contribution < 1.29 is 14.3 Å². The Hall–Kier alpha value is -2.57. The van der Waals surface area contributed by atoms with Gasteiger partial charge in [-0.2, -0.15) is 0 Å². The Bertz CT molecular complexity index is 605. The Morgan fingerprint density at radius 1 is 1.33 bits per heavy atom. The van der Waals surface area contributed by atoms with Crippen molar-refractivity contribution in [3.63, 3.8) is 0 Å². The summed E-state index contributed by atoms with van der Waals surface area (Å²) in [6.07, 6.45) is -0.601. The molecular weight excluding hydrogens is 236 g/mol. The number of fused-ring (bicyclic) bond motifs is 1. The number of hydrogen-bond donors (Lipinski definition) is 3. The molecule has 7 heteroatoms. The Morgan fingerprint density at radius 2 is 2.11 bits per heavy atom. The van der Waals surface area contributed by atoms with Crippen LogP contribution in [-0.2, 0) is 9.53 Å². The molecule has 1 aromatic heterocycles. The van der Waals surface area contributed by atoms with Gasteiger partial charge in [0.15, 0.2) is 0 Å². The molecule has 0 aliphatic carbocycles. The number of carbonyl (C=O) groups excluding carboxylic acids is 2. The number of carbonyl (C=O) groups is 2. The second-order valence-electron chi connectivity index (χ2n) is 3.62. The number of nitrogens with zero attached hydrogens (tertiary/aromatic N) is 1. The first-order chi connectivity index (χ1) is 8.58. The number of imidazole rings is 1. The Labute approximate surface area is 103 Å². The van der Waals surface area contributed by atoms with Gasteiger partial charge >= 0.3 is 6.09 Å². The summed E-state index contributed by atoms with van der Waals surface area (Å²) in [7, 11) is 1.27. The van der Waals surface area contributed by atoms with E-state index in [1.54, 1.807) is 18.2 Å². The van der Waals surface area contributed by atoms with Crippen LogP contribution in [-0.4, -0.2) is 29.1 Å². The summed E-state index contributed by atoms with van der Waals surface area (Å²) in [6.45, 7) is 1.43. The molecule has 0 atom stereocenters. The number of rotatable bonds is 2. The van der Waals surface area contributed by atoms with Crippen molar-refractivity contribution in [1.29, 1.82) is 0 Å². The molecule has 7 nitrogen and oxygen atoms in total. The second-order valence-corrected chi connectivity index (χ2v) is 3.62. The molecule has 0 radical (unpaired) electrons. The van der Waals surface area contributed by atoms with Gasteiger partial charge in [-0.15, -0.1) is 0 Å². The van der Waals surface area contributed by atoms with Crippen LogP contribution in [0.15, 0.2) is 18.2 Å². The van der Waals surface area contributed by atoms with Crippen LogP contribution in [0.4, 0.5) is 16.4 Å². The number of nitrogens with one attached hydrogen (secondary N) is 3. The highest BCUT2D eigenvalue weighted by atomic mass is 16.5. The van der Waals surface area contributed by atoms with Gasteiger partial charge in [-0.3, -0.25) is 10.1 Å². The molecule has 0 saturated carbocycles. The first kappa shape index (κ1) is 11.9. The van der Waals surface area contributed by atoms with Crippen molar-refractivity contribution in [2.75, 3.05) is 17.7 Å². The summed E-state index contributed by atoms with van der Waals surface area (Å²) in [5.74, 6) is 0.138. The fraction of sp³-hybridized carbons (Fsp3) is 0.182. The van der Waals surface area contributed by atoms with Crippen molar-refractivity contribution in [3.05, 3.63) is 18.2 Å². The van der Waals surface area contributed by atoms with Crippen LogP contribution in [0.1, 0.15) is 6.92 Å². The molecule has 3 N–H and O–H groups in total. The molecule has 0 aliphatic heterocycles. The summed E-state index contributed by atoms with van der Waals surface area (Å²) < 4.78 is 4.46. The van der Waals surface area contributed by atoms with Crippen molar-refractivity contribution >= 4 is 34.7 Å². The van der Waals surface area contributed by atoms with Crippen molar-refractivity contribution in [2.45, 2.75) is 6.92 Å². The minimum absolute atomic E-state index is 0.151. The van der Waals surface area contributed by atoms with Gasteiger partial charge < -0.3 is 15.0 Å². The van der Waals surface area contributed by atoms with Gasteiger partial charge in [0, 0.05) is 12.6 Å². The third-order valence-corrected chi connectivity index (χ3v) is 2.21. The predicted octanol–water partition coefficient (Wildman–Crippen LogP) is 1.70. The number of benzene rings is 1. The van der Waals surface area contributed by atoms with E-state index in [0.717, 1.165) is 0 Å². The molecule has 18 heavy (non-hydrogen) atoms. The topological polar surface area (TPSA) is 96.1 Å². The largest absolute Gasteiger partial charge is 0.453 e. The van der Waals surface area contributed by atoms with E-state index in [9.17, 15) is 9.59 Å². The second kappa shape index (κ2) is 4.74. The minimum Gasteiger partial charge on any atom is -0.453 e. The van der Waals surface area contributed by atoms with Gasteiger partial charge in [-0.25, -0.2) is 9.78 Å². The van der Waals surface area contributed by atoms with E-state index >= 15 is 0 Å². The molecule has 1 heterocycles. The predicted molar refractivity (Wildman–Crippen MR) is 66.4 cm³/mol. The van der Waals surface area contributed by atoms with Crippen LogP contribution in [0.2, 0.25) is 0 Å². The fourth-order valence-corrected chi connectivity index (χ4v) is 1.50. The molecule has 0 saturated heterocycles. The molecule has 94 valence electrons. The first-order valence-corrected chi connectivity index (χ1v) is 5.21. The SMILES string of the molecule is COC(=O)Nc1nc2ccc(NC(C)=O)cc2[nH]1. The third-order valence-electron chi connectivity index (χ3n) is 2.21. The summed E-state index contributed by atoms with van der Waals surface area (Å²) >= 11 is 0. The van der Waals surface area contributed by atoms with Crippen LogP contribution >= 0.6 is 0 Å². The van der Waals surface area contributed by atoms with Crippen LogP contribution in [0.5, 0.6) is 0 Å². The summed E-state index contributed by atoms with van der Waals surface area (Å²) in [4.78, 5) is 29.0. The van der Waals surface area contributed by atoms with Crippen LogP contribution < -0.4 is 10.6 Å². The smallest absolute Gasteiger partial charge is 0.413 e. The summed E-state index contributed by atoms with van der Waals surface area (Å²) in [6, 6.07) is 5.19. The zero-order valence-corrected chi connectivity index (χ0v) is 9.90. The third kappa shape index (κ3) is 2.57. The number of ether oxygens (including phenoxy) is 1. The maximum atomic E-state index is 11.0. The van der Waals surface area contributed by atoms with Crippen molar-refractivity contribution in [3.8, 4) is 0 Å². The molecule has 0 aliphatic rings. The van der Waals surface area contributed by atoms with Crippen LogP contribution in [0, 0.1) is 0 Å². The van der Waals surface area contributed by atoms with E-state index in [1.807, 2.05) is 0 Å². The van der Waals surface area contributed by atoms with E-state index in [-0.39, 0.29) is 11.9 Å². The average molecular weight is 248 g/mol. The van der Waals surface area contributed by atoms with E-state index < -0.39 is 6.09 Å². The van der Waals surface area contributed by atoms with Gasteiger partial charge in [0.25, 0.3) is 0 Å². The Morgan fingerprint density at radius 3 is 2.78 bits per heavy atom.